The molecule has 1 N–H and O–H groups in total. The maximum absolute atomic E-state index is 12.0. The van der Waals surface area contributed by atoms with Gasteiger partial charge in [0.15, 0.2) is 0 Å². The Labute approximate surface area is 124 Å². The zero-order chi connectivity index (χ0) is 15.6. The molecule has 3 rings (SSSR count). The highest BCUT2D eigenvalue weighted by Crippen LogP contribution is 2.32. The van der Waals surface area contributed by atoms with E-state index in [4.69, 9.17) is 12.3 Å². The standard InChI is InChI=1S/C15H11BO3.C2H6/c1-8(16)14-7-11-9-4-2-3-5-10(9)13(17)6-12(11)15(18)19-14;1-2/h2-8,17H,1H3;1-2H3. The molecule has 2 radical (unpaired) electrons. The summed E-state index contributed by atoms with van der Waals surface area (Å²) in [6, 6.07) is 10.6. The third-order valence-electron chi connectivity index (χ3n) is 3.23. The quantitative estimate of drug-likeness (QED) is 0.543. The average molecular weight is 280 g/mol. The second-order valence-corrected chi connectivity index (χ2v) is 4.63. The Kier molecular flexibility index (Phi) is 4.36. The van der Waals surface area contributed by atoms with Gasteiger partial charge in [0.25, 0.3) is 0 Å². The number of phenols is 1. The summed E-state index contributed by atoms with van der Waals surface area (Å²) in [6.45, 7) is 5.76. The summed E-state index contributed by atoms with van der Waals surface area (Å²) < 4.78 is 5.16. The topological polar surface area (TPSA) is 50.4 Å². The van der Waals surface area contributed by atoms with E-state index in [9.17, 15) is 9.90 Å². The van der Waals surface area contributed by atoms with E-state index in [0.29, 0.717) is 16.5 Å². The van der Waals surface area contributed by atoms with Crippen LogP contribution in [0.1, 0.15) is 32.3 Å². The molecule has 1 atom stereocenters. The van der Waals surface area contributed by atoms with Crippen LogP contribution in [0, 0.1) is 0 Å². The van der Waals surface area contributed by atoms with Crippen LogP contribution in [0.5, 0.6) is 5.75 Å². The van der Waals surface area contributed by atoms with Crippen molar-refractivity contribution in [1.29, 1.82) is 0 Å². The number of rotatable bonds is 1. The first-order chi connectivity index (χ1) is 10.1. The number of benzene rings is 2. The summed E-state index contributed by atoms with van der Waals surface area (Å²) in [7, 11) is 5.77. The van der Waals surface area contributed by atoms with Crippen LogP contribution in [-0.2, 0) is 0 Å². The molecule has 21 heavy (non-hydrogen) atoms. The van der Waals surface area contributed by atoms with Crippen molar-refractivity contribution in [2.45, 2.75) is 26.6 Å². The van der Waals surface area contributed by atoms with Crippen molar-refractivity contribution in [3.05, 3.63) is 52.6 Å². The molecule has 0 aliphatic rings. The molecule has 4 heteroatoms. The first kappa shape index (κ1) is 15.2. The fourth-order valence-corrected chi connectivity index (χ4v) is 2.26. The Morgan fingerprint density at radius 2 is 1.67 bits per heavy atom. The van der Waals surface area contributed by atoms with E-state index >= 15 is 0 Å². The van der Waals surface area contributed by atoms with Crippen LogP contribution in [0.25, 0.3) is 21.5 Å². The second-order valence-electron chi connectivity index (χ2n) is 4.63. The molecule has 0 bridgehead atoms. The van der Waals surface area contributed by atoms with Crippen molar-refractivity contribution in [2.75, 3.05) is 0 Å². The summed E-state index contributed by atoms with van der Waals surface area (Å²) >= 11 is 0. The molecule has 1 unspecified atom stereocenters. The zero-order valence-corrected chi connectivity index (χ0v) is 12.4. The number of phenolic OH excluding ortho intramolecular Hbond substituents is 1. The average Bonchev–Trinajstić information content (AvgIpc) is 2.50. The molecule has 0 saturated carbocycles. The molecular formula is C17H17BO3. The SMILES string of the molecule is CC.[B]C(C)c1cc2c(cc(O)c3ccccc32)c(=O)o1. The van der Waals surface area contributed by atoms with Gasteiger partial charge in [0.05, 0.1) is 13.2 Å². The van der Waals surface area contributed by atoms with Gasteiger partial charge < -0.3 is 9.52 Å². The van der Waals surface area contributed by atoms with E-state index in [-0.39, 0.29) is 11.6 Å². The Balaban J connectivity index is 0.000000774. The lowest BCUT2D eigenvalue weighted by molar-refractivity contribution is 0.465. The number of hydrogen-bond acceptors (Lipinski definition) is 3. The fraction of sp³-hybridized carbons (Fsp3) is 0.235. The van der Waals surface area contributed by atoms with Gasteiger partial charge in [-0.2, -0.15) is 0 Å². The van der Waals surface area contributed by atoms with E-state index in [1.807, 2.05) is 38.1 Å². The predicted molar refractivity (Wildman–Crippen MR) is 87.2 cm³/mol. The van der Waals surface area contributed by atoms with Crippen LogP contribution >= 0.6 is 0 Å². The summed E-state index contributed by atoms with van der Waals surface area (Å²) in [5.74, 6) is 0.155. The van der Waals surface area contributed by atoms with Gasteiger partial charge in [-0.15, -0.1) is 0 Å². The highest BCUT2D eigenvalue weighted by Gasteiger charge is 2.12. The molecular weight excluding hydrogens is 263 g/mol. The molecule has 0 amide bonds. The van der Waals surface area contributed by atoms with Gasteiger partial charge >= 0.3 is 5.63 Å². The lowest BCUT2D eigenvalue weighted by Gasteiger charge is -2.09. The van der Waals surface area contributed by atoms with Gasteiger partial charge in [-0.05, 0) is 23.3 Å². The fourth-order valence-electron chi connectivity index (χ4n) is 2.26. The van der Waals surface area contributed by atoms with E-state index < -0.39 is 5.63 Å². The second kappa shape index (κ2) is 6.04. The summed E-state index contributed by atoms with van der Waals surface area (Å²) in [6.07, 6.45) is 0. The molecule has 0 fully saturated rings. The van der Waals surface area contributed by atoms with E-state index in [1.54, 1.807) is 13.0 Å². The molecule has 1 aromatic heterocycles. The van der Waals surface area contributed by atoms with Gasteiger partial charge in [-0.1, -0.05) is 45.0 Å². The van der Waals surface area contributed by atoms with E-state index in [1.165, 1.54) is 6.07 Å². The maximum atomic E-state index is 12.0. The summed E-state index contributed by atoms with van der Waals surface area (Å²) in [5.41, 5.74) is -0.481. The first-order valence-electron chi connectivity index (χ1n) is 7.02. The lowest BCUT2D eigenvalue weighted by atomic mass is 9.86. The van der Waals surface area contributed by atoms with E-state index in [2.05, 4.69) is 0 Å². The molecule has 0 aliphatic carbocycles. The maximum Gasteiger partial charge on any atom is 0.343 e. The van der Waals surface area contributed by atoms with Crippen LogP contribution in [0.4, 0.5) is 0 Å². The molecule has 0 saturated heterocycles. The van der Waals surface area contributed by atoms with Gasteiger partial charge in [-0.3, -0.25) is 0 Å². The molecule has 3 aromatic rings. The summed E-state index contributed by atoms with van der Waals surface area (Å²) in [4.78, 5) is 12.0. The minimum Gasteiger partial charge on any atom is -0.507 e. The van der Waals surface area contributed by atoms with Crippen molar-refractivity contribution in [3.8, 4) is 5.75 Å². The van der Waals surface area contributed by atoms with Crippen molar-refractivity contribution in [3.63, 3.8) is 0 Å². The van der Waals surface area contributed by atoms with Crippen molar-refractivity contribution in [1.82, 2.24) is 0 Å². The normalized spacial score (nSPS) is 12.0. The van der Waals surface area contributed by atoms with Gasteiger partial charge in [0, 0.05) is 10.8 Å². The largest absolute Gasteiger partial charge is 0.507 e. The lowest BCUT2D eigenvalue weighted by Crippen LogP contribution is -2.04. The highest BCUT2D eigenvalue weighted by molar-refractivity contribution is 6.13. The number of fused-ring (bicyclic) bond motifs is 3. The third kappa shape index (κ3) is 2.66. The minimum atomic E-state index is -0.481. The molecule has 106 valence electrons. The van der Waals surface area contributed by atoms with Crippen LogP contribution in [0.2, 0.25) is 0 Å². The number of aromatic hydroxyl groups is 1. The van der Waals surface area contributed by atoms with Crippen molar-refractivity contribution < 1.29 is 9.52 Å². The minimum absolute atomic E-state index is 0.0731. The predicted octanol–water partition coefficient (Wildman–Crippen LogP) is 3.91. The van der Waals surface area contributed by atoms with Crippen LogP contribution < -0.4 is 5.63 Å². The monoisotopic (exact) mass is 280 g/mol. The molecule has 0 spiro atoms. The van der Waals surface area contributed by atoms with Crippen molar-refractivity contribution in [2.24, 2.45) is 0 Å². The highest BCUT2D eigenvalue weighted by atomic mass is 16.4. The number of hydrogen-bond donors (Lipinski definition) is 1. The summed E-state index contributed by atoms with van der Waals surface area (Å²) in [5, 5.41) is 12.6. The molecule has 1 heterocycles. The van der Waals surface area contributed by atoms with Crippen LogP contribution in [0.3, 0.4) is 0 Å². The van der Waals surface area contributed by atoms with Gasteiger partial charge in [0.2, 0.25) is 0 Å². The van der Waals surface area contributed by atoms with Gasteiger partial charge in [-0.25, -0.2) is 4.79 Å². The van der Waals surface area contributed by atoms with Crippen LogP contribution in [0.15, 0.2) is 45.6 Å². The Bertz CT molecular complexity index is 834. The Hall–Kier alpha value is -2.23. The van der Waals surface area contributed by atoms with Crippen LogP contribution in [-0.4, -0.2) is 13.0 Å². The smallest absolute Gasteiger partial charge is 0.343 e. The first-order valence-corrected chi connectivity index (χ1v) is 7.02. The van der Waals surface area contributed by atoms with Crippen molar-refractivity contribution >= 4 is 29.4 Å². The van der Waals surface area contributed by atoms with Gasteiger partial charge in [0.1, 0.15) is 11.5 Å². The molecule has 0 aliphatic heterocycles. The zero-order valence-electron chi connectivity index (χ0n) is 12.4. The Morgan fingerprint density at radius 3 is 2.29 bits per heavy atom. The third-order valence-corrected chi connectivity index (χ3v) is 3.23. The molecule has 3 nitrogen and oxygen atoms in total. The van der Waals surface area contributed by atoms with E-state index in [0.717, 1.165) is 10.8 Å². The Morgan fingerprint density at radius 1 is 1.05 bits per heavy atom. The molecule has 2 aromatic carbocycles.